The topological polar surface area (TPSA) is 59.1 Å². The van der Waals surface area contributed by atoms with Crippen molar-refractivity contribution in [1.29, 1.82) is 0 Å². The van der Waals surface area contributed by atoms with E-state index in [0.29, 0.717) is 34.6 Å². The van der Waals surface area contributed by atoms with Gasteiger partial charge in [0.1, 0.15) is 11.6 Å². The highest BCUT2D eigenvalue weighted by Gasteiger charge is 2.31. The van der Waals surface area contributed by atoms with E-state index in [4.69, 9.17) is 11.6 Å². The van der Waals surface area contributed by atoms with Gasteiger partial charge in [0.15, 0.2) is 0 Å². The normalized spacial score (nSPS) is 11.4. The number of anilines is 2. The van der Waals surface area contributed by atoms with E-state index in [-0.39, 0.29) is 11.8 Å². The molecule has 9 heteroatoms. The zero-order valence-corrected chi connectivity index (χ0v) is 17.1. The summed E-state index contributed by atoms with van der Waals surface area (Å²) in [5.41, 5.74) is 1.80. The molecule has 0 unspecified atom stereocenters. The Bertz CT molecular complexity index is 1010. The lowest BCUT2D eigenvalue weighted by atomic mass is 10.1. The highest BCUT2D eigenvalue weighted by Crippen LogP contribution is 2.29. The first kappa shape index (κ1) is 21.7. The summed E-state index contributed by atoms with van der Waals surface area (Å²) in [6.45, 7) is 4.30. The van der Waals surface area contributed by atoms with E-state index >= 15 is 0 Å². The van der Waals surface area contributed by atoms with Gasteiger partial charge in [-0.1, -0.05) is 41.9 Å². The molecule has 3 rings (SSSR count). The molecule has 30 heavy (non-hydrogen) atoms. The average molecular weight is 437 g/mol. The van der Waals surface area contributed by atoms with Gasteiger partial charge in [-0.15, -0.1) is 13.2 Å². The number of rotatable bonds is 7. The molecule has 5 nitrogen and oxygen atoms in total. The molecule has 1 heterocycles. The maximum atomic E-state index is 12.6. The SMILES string of the molecule is CC(C)Nc1nc(NCc2ccccc2Cl)cc(-c2cccc(OC(F)(F)F)c2)n1. The molecule has 0 amide bonds. The van der Waals surface area contributed by atoms with Crippen LogP contribution in [0.15, 0.2) is 54.6 Å². The van der Waals surface area contributed by atoms with Crippen molar-refractivity contribution in [2.45, 2.75) is 32.8 Å². The van der Waals surface area contributed by atoms with Crippen LogP contribution in [-0.2, 0) is 6.54 Å². The van der Waals surface area contributed by atoms with Gasteiger partial charge in [0.2, 0.25) is 5.95 Å². The summed E-state index contributed by atoms with van der Waals surface area (Å²) in [7, 11) is 0. The number of benzene rings is 2. The molecule has 0 atom stereocenters. The van der Waals surface area contributed by atoms with Gasteiger partial charge in [0.05, 0.1) is 5.69 Å². The average Bonchev–Trinajstić information content (AvgIpc) is 2.65. The standard InChI is InChI=1S/C21H20ClF3N4O/c1-13(2)27-20-28-18(14-7-5-8-16(10-14)30-21(23,24)25)11-19(29-20)26-12-15-6-3-4-9-17(15)22/h3-11,13H,12H2,1-2H3,(H2,26,27,28,29). The third-order valence-corrected chi connectivity index (χ3v) is 4.29. The second-order valence-electron chi connectivity index (χ2n) is 6.78. The van der Waals surface area contributed by atoms with Crippen LogP contribution in [-0.4, -0.2) is 22.4 Å². The summed E-state index contributed by atoms with van der Waals surface area (Å²) < 4.78 is 41.7. The molecule has 2 aromatic carbocycles. The largest absolute Gasteiger partial charge is 0.573 e. The Balaban J connectivity index is 1.91. The first-order valence-corrected chi connectivity index (χ1v) is 9.56. The van der Waals surface area contributed by atoms with Crippen LogP contribution in [0.2, 0.25) is 5.02 Å². The van der Waals surface area contributed by atoms with E-state index in [1.54, 1.807) is 18.2 Å². The summed E-state index contributed by atoms with van der Waals surface area (Å²) in [6.07, 6.45) is -4.77. The van der Waals surface area contributed by atoms with Crippen molar-refractivity contribution in [3.63, 3.8) is 0 Å². The van der Waals surface area contributed by atoms with E-state index in [1.807, 2.05) is 32.0 Å². The van der Waals surface area contributed by atoms with E-state index in [9.17, 15) is 13.2 Å². The Labute approximate surface area is 177 Å². The number of nitrogens with one attached hydrogen (secondary N) is 2. The summed E-state index contributed by atoms with van der Waals surface area (Å²) in [5.74, 6) is 0.541. The minimum Gasteiger partial charge on any atom is -0.406 e. The molecule has 0 spiro atoms. The Kier molecular flexibility index (Phi) is 6.66. The summed E-state index contributed by atoms with van der Waals surface area (Å²) in [4.78, 5) is 8.87. The number of ether oxygens (including phenoxy) is 1. The van der Waals surface area contributed by atoms with Gasteiger partial charge < -0.3 is 15.4 Å². The summed E-state index contributed by atoms with van der Waals surface area (Å²) >= 11 is 6.20. The molecule has 3 aromatic rings. The predicted octanol–water partition coefficient (Wildman–Crippen LogP) is 6.13. The fourth-order valence-electron chi connectivity index (χ4n) is 2.69. The van der Waals surface area contributed by atoms with Gasteiger partial charge in [0.25, 0.3) is 0 Å². The molecule has 0 aliphatic heterocycles. The first-order chi connectivity index (χ1) is 14.2. The van der Waals surface area contributed by atoms with Crippen LogP contribution >= 0.6 is 11.6 Å². The molecule has 0 aliphatic rings. The number of hydrogen-bond donors (Lipinski definition) is 2. The van der Waals surface area contributed by atoms with Crippen LogP contribution in [0.1, 0.15) is 19.4 Å². The van der Waals surface area contributed by atoms with Gasteiger partial charge in [0, 0.05) is 29.2 Å². The Morgan fingerprint density at radius 2 is 1.80 bits per heavy atom. The van der Waals surface area contributed by atoms with Crippen molar-refractivity contribution >= 4 is 23.4 Å². The lowest BCUT2D eigenvalue weighted by Gasteiger charge is -2.14. The van der Waals surface area contributed by atoms with Gasteiger partial charge in [-0.2, -0.15) is 4.98 Å². The van der Waals surface area contributed by atoms with Crippen LogP contribution in [0.5, 0.6) is 5.75 Å². The molecule has 0 saturated carbocycles. The molecule has 0 aliphatic carbocycles. The highest BCUT2D eigenvalue weighted by atomic mass is 35.5. The van der Waals surface area contributed by atoms with Crippen molar-refractivity contribution < 1.29 is 17.9 Å². The summed E-state index contributed by atoms with van der Waals surface area (Å²) in [5, 5.41) is 6.93. The molecule has 2 N–H and O–H groups in total. The van der Waals surface area contributed by atoms with E-state index in [0.717, 1.165) is 5.56 Å². The Hall–Kier alpha value is -3.00. The molecule has 0 radical (unpaired) electrons. The second kappa shape index (κ2) is 9.21. The Morgan fingerprint density at radius 3 is 2.50 bits per heavy atom. The molecule has 158 valence electrons. The van der Waals surface area contributed by atoms with Crippen LogP contribution in [0.3, 0.4) is 0 Å². The van der Waals surface area contributed by atoms with Crippen molar-refractivity contribution in [2.75, 3.05) is 10.6 Å². The maximum Gasteiger partial charge on any atom is 0.573 e. The number of halogens is 4. The van der Waals surface area contributed by atoms with Gasteiger partial charge in [-0.3, -0.25) is 0 Å². The minimum absolute atomic E-state index is 0.0663. The van der Waals surface area contributed by atoms with E-state index in [1.165, 1.54) is 18.2 Å². The first-order valence-electron chi connectivity index (χ1n) is 9.19. The zero-order chi connectivity index (χ0) is 21.7. The maximum absolute atomic E-state index is 12.6. The number of aromatic nitrogens is 2. The van der Waals surface area contributed by atoms with Crippen LogP contribution < -0.4 is 15.4 Å². The third kappa shape index (κ3) is 6.25. The van der Waals surface area contributed by atoms with Crippen LogP contribution in [0.25, 0.3) is 11.3 Å². The van der Waals surface area contributed by atoms with Crippen molar-refractivity contribution in [3.05, 3.63) is 65.2 Å². The summed E-state index contributed by atoms with van der Waals surface area (Å²) in [6, 6.07) is 14.8. The minimum atomic E-state index is -4.77. The fourth-order valence-corrected chi connectivity index (χ4v) is 2.89. The van der Waals surface area contributed by atoms with E-state index in [2.05, 4.69) is 25.3 Å². The monoisotopic (exact) mass is 436 g/mol. The molecular formula is C21H20ClF3N4O. The third-order valence-electron chi connectivity index (χ3n) is 3.93. The Morgan fingerprint density at radius 1 is 1.03 bits per heavy atom. The molecule has 0 saturated heterocycles. The zero-order valence-electron chi connectivity index (χ0n) is 16.3. The number of hydrogen-bond acceptors (Lipinski definition) is 5. The van der Waals surface area contributed by atoms with Crippen LogP contribution in [0.4, 0.5) is 24.9 Å². The van der Waals surface area contributed by atoms with Crippen LogP contribution in [0, 0.1) is 0 Å². The van der Waals surface area contributed by atoms with E-state index < -0.39 is 6.36 Å². The predicted molar refractivity (Wildman–Crippen MR) is 112 cm³/mol. The highest BCUT2D eigenvalue weighted by molar-refractivity contribution is 6.31. The molecule has 0 fully saturated rings. The molecule has 0 bridgehead atoms. The lowest BCUT2D eigenvalue weighted by Crippen LogP contribution is -2.17. The van der Waals surface area contributed by atoms with Crippen molar-refractivity contribution in [3.8, 4) is 17.0 Å². The lowest BCUT2D eigenvalue weighted by molar-refractivity contribution is -0.274. The smallest absolute Gasteiger partial charge is 0.406 e. The van der Waals surface area contributed by atoms with Gasteiger partial charge >= 0.3 is 6.36 Å². The van der Waals surface area contributed by atoms with Crippen molar-refractivity contribution in [2.24, 2.45) is 0 Å². The molecular weight excluding hydrogens is 417 g/mol. The number of nitrogens with zero attached hydrogens (tertiary/aromatic N) is 2. The van der Waals surface area contributed by atoms with Gasteiger partial charge in [-0.25, -0.2) is 4.98 Å². The second-order valence-corrected chi connectivity index (χ2v) is 7.19. The van der Waals surface area contributed by atoms with Gasteiger partial charge in [-0.05, 0) is 37.6 Å². The molecule has 1 aromatic heterocycles. The number of alkyl halides is 3. The van der Waals surface area contributed by atoms with Crippen molar-refractivity contribution in [1.82, 2.24) is 9.97 Å². The quantitative estimate of drug-likeness (QED) is 0.466. The fraction of sp³-hybridized carbons (Fsp3) is 0.238.